The molecule has 0 fully saturated rings. The van der Waals surface area contributed by atoms with Gasteiger partial charge in [0.15, 0.2) is 12.4 Å². The van der Waals surface area contributed by atoms with Crippen LogP contribution in [0.4, 0.5) is 4.79 Å². The highest BCUT2D eigenvalue weighted by atomic mass is 16.5. The maximum Gasteiger partial charge on any atom is 0.404 e. The number of hydrogen-bond donors (Lipinski definition) is 2. The van der Waals surface area contributed by atoms with Crippen molar-refractivity contribution in [3.63, 3.8) is 0 Å². The number of nitrogens with two attached hydrogens (primary N) is 2. The van der Waals surface area contributed by atoms with Crippen LogP contribution in [0.15, 0.2) is 24.3 Å². The number of ether oxygens (including phenoxy) is 1. The third-order valence-electron chi connectivity index (χ3n) is 1.83. The van der Waals surface area contributed by atoms with Crippen LogP contribution in [-0.2, 0) is 11.3 Å². The van der Waals surface area contributed by atoms with E-state index in [1.54, 1.807) is 18.2 Å². The van der Waals surface area contributed by atoms with Crippen LogP contribution in [0.3, 0.4) is 0 Å². The number of carbonyl (C=O) groups excluding carboxylic acids is 2. The molecule has 0 saturated carbocycles. The molecular formula is C10H12N2O3. The zero-order chi connectivity index (χ0) is 11.3. The lowest BCUT2D eigenvalue weighted by Gasteiger charge is -2.03. The minimum Gasteiger partial charge on any atom is -0.441 e. The van der Waals surface area contributed by atoms with Gasteiger partial charge in [-0.2, -0.15) is 0 Å². The summed E-state index contributed by atoms with van der Waals surface area (Å²) < 4.78 is 4.39. The van der Waals surface area contributed by atoms with E-state index < -0.39 is 6.09 Å². The van der Waals surface area contributed by atoms with Crippen LogP contribution >= 0.6 is 0 Å². The molecule has 0 aliphatic heterocycles. The molecule has 80 valence electrons. The van der Waals surface area contributed by atoms with Crippen LogP contribution < -0.4 is 11.5 Å². The lowest BCUT2D eigenvalue weighted by atomic mass is 10.1. The minimum absolute atomic E-state index is 0.302. The Balaban J connectivity index is 2.69. The predicted molar refractivity (Wildman–Crippen MR) is 54.2 cm³/mol. The molecule has 4 N–H and O–H groups in total. The molecule has 0 unspecified atom stereocenters. The van der Waals surface area contributed by atoms with Crippen LogP contribution in [0.25, 0.3) is 0 Å². The topological polar surface area (TPSA) is 95.4 Å². The van der Waals surface area contributed by atoms with Crippen LogP contribution in [0.5, 0.6) is 0 Å². The molecule has 5 heteroatoms. The van der Waals surface area contributed by atoms with Crippen LogP contribution in [0, 0.1) is 0 Å². The Morgan fingerprint density at radius 2 is 2.07 bits per heavy atom. The van der Waals surface area contributed by atoms with Gasteiger partial charge in [0.05, 0.1) is 0 Å². The summed E-state index contributed by atoms with van der Waals surface area (Å²) in [5.74, 6) is -0.302. The number of ketones is 1. The molecule has 0 aromatic heterocycles. The zero-order valence-electron chi connectivity index (χ0n) is 8.10. The maximum atomic E-state index is 11.4. The number of Topliss-reactive ketones (excluding diaryl/α,β-unsaturated/α-hetero) is 1. The second-order valence-corrected chi connectivity index (χ2v) is 2.94. The first kappa shape index (κ1) is 11.2. The summed E-state index contributed by atoms with van der Waals surface area (Å²) in [6, 6.07) is 6.82. The summed E-state index contributed by atoms with van der Waals surface area (Å²) in [6.07, 6.45) is -0.960. The van der Waals surface area contributed by atoms with Gasteiger partial charge in [0.2, 0.25) is 0 Å². The maximum absolute atomic E-state index is 11.4. The molecule has 0 spiro atoms. The first-order valence-corrected chi connectivity index (χ1v) is 4.38. The van der Waals surface area contributed by atoms with Crippen molar-refractivity contribution in [1.29, 1.82) is 0 Å². The van der Waals surface area contributed by atoms with Gasteiger partial charge in [-0.15, -0.1) is 0 Å². The molecule has 0 bridgehead atoms. The fourth-order valence-electron chi connectivity index (χ4n) is 1.09. The van der Waals surface area contributed by atoms with Gasteiger partial charge in [-0.1, -0.05) is 18.2 Å². The average molecular weight is 208 g/mol. The van der Waals surface area contributed by atoms with Crippen molar-refractivity contribution in [2.45, 2.75) is 6.54 Å². The van der Waals surface area contributed by atoms with Crippen molar-refractivity contribution in [1.82, 2.24) is 0 Å². The van der Waals surface area contributed by atoms with E-state index in [4.69, 9.17) is 11.5 Å². The monoisotopic (exact) mass is 208 g/mol. The molecule has 0 aliphatic carbocycles. The molecule has 0 radical (unpaired) electrons. The van der Waals surface area contributed by atoms with Crippen LogP contribution in [0.1, 0.15) is 15.9 Å². The molecule has 0 heterocycles. The van der Waals surface area contributed by atoms with E-state index in [1.165, 1.54) is 0 Å². The largest absolute Gasteiger partial charge is 0.441 e. The van der Waals surface area contributed by atoms with Crippen molar-refractivity contribution in [2.24, 2.45) is 11.5 Å². The number of carbonyl (C=O) groups is 2. The zero-order valence-corrected chi connectivity index (χ0v) is 8.10. The van der Waals surface area contributed by atoms with Gasteiger partial charge in [-0.05, 0) is 11.6 Å². The van der Waals surface area contributed by atoms with Gasteiger partial charge in [0.1, 0.15) is 0 Å². The Labute approximate surface area is 87.0 Å². The highest BCUT2D eigenvalue weighted by molar-refractivity contribution is 5.97. The summed E-state index contributed by atoms with van der Waals surface area (Å²) >= 11 is 0. The summed E-state index contributed by atoms with van der Waals surface area (Å²) in [5, 5.41) is 0. The Hall–Kier alpha value is -1.88. The summed E-state index contributed by atoms with van der Waals surface area (Å²) in [7, 11) is 0. The lowest BCUT2D eigenvalue weighted by molar-refractivity contribution is 0.0857. The Morgan fingerprint density at radius 1 is 1.33 bits per heavy atom. The fourth-order valence-corrected chi connectivity index (χ4v) is 1.09. The fraction of sp³-hybridized carbons (Fsp3) is 0.200. The molecule has 1 aromatic rings. The molecule has 1 rings (SSSR count). The summed E-state index contributed by atoms with van der Waals surface area (Å²) in [6.45, 7) is 0.0150. The first-order chi connectivity index (χ1) is 7.13. The van der Waals surface area contributed by atoms with E-state index in [0.717, 1.165) is 5.56 Å². The van der Waals surface area contributed by atoms with Crippen molar-refractivity contribution in [2.75, 3.05) is 6.61 Å². The molecule has 1 amide bonds. The number of benzene rings is 1. The van der Waals surface area contributed by atoms with Gasteiger partial charge >= 0.3 is 6.09 Å². The third kappa shape index (κ3) is 3.40. The molecule has 1 aromatic carbocycles. The molecule has 0 atom stereocenters. The summed E-state index contributed by atoms with van der Waals surface area (Å²) in [4.78, 5) is 21.7. The van der Waals surface area contributed by atoms with Crippen molar-refractivity contribution in [3.8, 4) is 0 Å². The van der Waals surface area contributed by atoms with Gasteiger partial charge in [-0.3, -0.25) is 4.79 Å². The van der Waals surface area contributed by atoms with Crippen molar-refractivity contribution in [3.05, 3.63) is 35.4 Å². The SMILES string of the molecule is NCc1cccc(C(=O)COC(N)=O)c1. The van der Waals surface area contributed by atoms with E-state index in [1.807, 2.05) is 6.07 Å². The van der Waals surface area contributed by atoms with Gasteiger partial charge in [-0.25, -0.2) is 4.79 Å². The Kier molecular flexibility index (Phi) is 3.82. The second kappa shape index (κ2) is 5.11. The third-order valence-corrected chi connectivity index (χ3v) is 1.83. The van der Waals surface area contributed by atoms with Crippen LogP contribution in [0.2, 0.25) is 0 Å². The molecule has 15 heavy (non-hydrogen) atoms. The minimum atomic E-state index is -0.960. The number of primary amides is 1. The highest BCUT2D eigenvalue weighted by Gasteiger charge is 2.07. The standard InChI is InChI=1S/C10H12N2O3/c11-5-7-2-1-3-8(4-7)9(13)6-15-10(12)14/h1-4H,5-6,11H2,(H2,12,14). The lowest BCUT2D eigenvalue weighted by Crippen LogP contribution is -2.19. The predicted octanol–water partition coefficient (Wildman–Crippen LogP) is 0.423. The highest BCUT2D eigenvalue weighted by Crippen LogP contribution is 2.05. The van der Waals surface area contributed by atoms with Crippen LogP contribution in [-0.4, -0.2) is 18.5 Å². The first-order valence-electron chi connectivity index (χ1n) is 4.38. The van der Waals surface area contributed by atoms with Crippen molar-refractivity contribution < 1.29 is 14.3 Å². The van der Waals surface area contributed by atoms with Gasteiger partial charge < -0.3 is 16.2 Å². The normalized spacial score (nSPS) is 9.67. The number of hydrogen-bond acceptors (Lipinski definition) is 4. The van der Waals surface area contributed by atoms with Crippen molar-refractivity contribution >= 4 is 11.9 Å². The quantitative estimate of drug-likeness (QED) is 0.701. The number of amides is 1. The van der Waals surface area contributed by atoms with E-state index in [2.05, 4.69) is 4.74 Å². The van der Waals surface area contributed by atoms with E-state index in [0.29, 0.717) is 12.1 Å². The number of rotatable bonds is 4. The molecule has 0 aliphatic rings. The average Bonchev–Trinajstić information content (AvgIpc) is 2.26. The van der Waals surface area contributed by atoms with E-state index in [-0.39, 0.29) is 12.4 Å². The Bertz CT molecular complexity index is 377. The molecule has 5 nitrogen and oxygen atoms in total. The molecule has 0 saturated heterocycles. The van der Waals surface area contributed by atoms with Gasteiger partial charge in [0.25, 0.3) is 0 Å². The summed E-state index contributed by atoms with van der Waals surface area (Å²) in [5.41, 5.74) is 11.5. The van der Waals surface area contributed by atoms with Gasteiger partial charge in [0, 0.05) is 12.1 Å². The molecular weight excluding hydrogens is 196 g/mol. The van der Waals surface area contributed by atoms with E-state index >= 15 is 0 Å². The second-order valence-electron chi connectivity index (χ2n) is 2.94. The smallest absolute Gasteiger partial charge is 0.404 e. The Morgan fingerprint density at radius 3 is 2.67 bits per heavy atom. The van der Waals surface area contributed by atoms with E-state index in [9.17, 15) is 9.59 Å².